The van der Waals surface area contributed by atoms with Crippen LogP contribution in [0.4, 0.5) is 4.79 Å². The zero-order valence-electron chi connectivity index (χ0n) is 11.7. The van der Waals surface area contributed by atoms with Crippen molar-refractivity contribution in [2.75, 3.05) is 7.11 Å². The maximum atomic E-state index is 12.3. The monoisotopic (exact) mass is 359 g/mol. The van der Waals surface area contributed by atoms with Crippen LogP contribution in [-0.4, -0.2) is 23.4 Å². The molecule has 0 aliphatic rings. The zero-order chi connectivity index (χ0) is 15.1. The Morgan fingerprint density at radius 2 is 2.00 bits per heavy atom. The molecule has 1 aromatic heterocycles. The van der Waals surface area contributed by atoms with E-state index in [-0.39, 0.29) is 0 Å². The molecule has 0 saturated heterocycles. The zero-order valence-corrected chi connectivity index (χ0v) is 14.0. The van der Waals surface area contributed by atoms with Gasteiger partial charge in [-0.25, -0.2) is 9.36 Å². The minimum absolute atomic E-state index is 0.472. The number of aromatic nitrogens is 1. The highest BCUT2D eigenvalue weighted by molar-refractivity contribution is 9.10. The van der Waals surface area contributed by atoms with E-state index < -0.39 is 11.7 Å². The van der Waals surface area contributed by atoms with E-state index in [0.29, 0.717) is 20.9 Å². The van der Waals surface area contributed by atoms with E-state index in [0.717, 1.165) is 5.39 Å². The molecular formula is C14H15BrClNO3. The average Bonchev–Trinajstić information content (AvgIpc) is 2.57. The molecule has 2 aromatic rings. The van der Waals surface area contributed by atoms with Crippen LogP contribution in [0.3, 0.4) is 0 Å². The Bertz CT molecular complexity index is 673. The molecule has 1 heterocycles. The average molecular weight is 361 g/mol. The highest BCUT2D eigenvalue weighted by atomic mass is 79.9. The summed E-state index contributed by atoms with van der Waals surface area (Å²) in [5.41, 5.74) is 0.0969. The van der Waals surface area contributed by atoms with Gasteiger partial charge >= 0.3 is 6.09 Å². The number of hydrogen-bond donors (Lipinski definition) is 0. The summed E-state index contributed by atoms with van der Waals surface area (Å²) in [5, 5.41) is 1.32. The molecule has 0 N–H and O–H groups in total. The van der Waals surface area contributed by atoms with E-state index in [2.05, 4.69) is 15.9 Å². The molecule has 2 rings (SSSR count). The molecular weight excluding hydrogens is 346 g/mol. The topological polar surface area (TPSA) is 40.5 Å². The van der Waals surface area contributed by atoms with Crippen molar-refractivity contribution < 1.29 is 14.3 Å². The Hall–Kier alpha value is -1.20. The number of methoxy groups -OCH3 is 1. The number of carbonyl (C=O) groups is 1. The van der Waals surface area contributed by atoms with Crippen LogP contribution in [0.25, 0.3) is 10.9 Å². The third-order valence-electron chi connectivity index (χ3n) is 2.61. The molecule has 0 aliphatic heterocycles. The second-order valence-electron chi connectivity index (χ2n) is 5.30. The Morgan fingerprint density at radius 3 is 2.55 bits per heavy atom. The fraction of sp³-hybridized carbons (Fsp3) is 0.357. The van der Waals surface area contributed by atoms with Crippen LogP contribution in [0.2, 0.25) is 5.02 Å². The number of benzene rings is 1. The van der Waals surface area contributed by atoms with Gasteiger partial charge in [-0.1, -0.05) is 11.6 Å². The molecule has 0 amide bonds. The van der Waals surface area contributed by atoms with Gasteiger partial charge in [0.25, 0.3) is 0 Å². The molecule has 4 nitrogen and oxygen atoms in total. The minimum Gasteiger partial charge on any atom is -0.493 e. The number of ether oxygens (including phenoxy) is 2. The van der Waals surface area contributed by atoms with Crippen molar-refractivity contribution >= 4 is 44.5 Å². The molecule has 0 radical (unpaired) electrons. The lowest BCUT2D eigenvalue weighted by atomic mass is 10.2. The Morgan fingerprint density at radius 1 is 1.35 bits per heavy atom. The van der Waals surface area contributed by atoms with E-state index >= 15 is 0 Å². The summed E-state index contributed by atoms with van der Waals surface area (Å²) < 4.78 is 12.7. The van der Waals surface area contributed by atoms with Crippen LogP contribution in [0.5, 0.6) is 5.75 Å². The first-order chi connectivity index (χ1) is 9.24. The predicted octanol–water partition coefficient (Wildman–Crippen LogP) is 4.85. The summed E-state index contributed by atoms with van der Waals surface area (Å²) in [6, 6.07) is 5.23. The summed E-state index contributed by atoms with van der Waals surface area (Å²) in [6.07, 6.45) is -0.472. The second kappa shape index (κ2) is 5.30. The molecule has 0 saturated carbocycles. The lowest BCUT2D eigenvalue weighted by molar-refractivity contribution is 0.0540. The Balaban J connectivity index is 2.64. The smallest absolute Gasteiger partial charge is 0.420 e. The number of nitrogens with zero attached hydrogens (tertiary/aromatic N) is 1. The molecule has 108 valence electrons. The fourth-order valence-electron chi connectivity index (χ4n) is 1.88. The van der Waals surface area contributed by atoms with Crippen molar-refractivity contribution in [2.45, 2.75) is 26.4 Å². The van der Waals surface area contributed by atoms with Crippen LogP contribution in [0, 0.1) is 0 Å². The molecule has 0 atom stereocenters. The first-order valence-corrected chi connectivity index (χ1v) is 7.18. The van der Waals surface area contributed by atoms with Crippen molar-refractivity contribution in [3.05, 3.63) is 27.8 Å². The normalized spacial score (nSPS) is 11.7. The predicted molar refractivity (Wildman–Crippen MR) is 82.8 cm³/mol. The van der Waals surface area contributed by atoms with E-state index in [1.807, 2.05) is 20.8 Å². The van der Waals surface area contributed by atoms with E-state index in [4.69, 9.17) is 21.1 Å². The van der Waals surface area contributed by atoms with Gasteiger partial charge < -0.3 is 9.47 Å². The van der Waals surface area contributed by atoms with Crippen molar-refractivity contribution in [2.24, 2.45) is 0 Å². The second-order valence-corrected chi connectivity index (χ2v) is 6.49. The molecule has 0 unspecified atom stereocenters. The van der Waals surface area contributed by atoms with Gasteiger partial charge in [0, 0.05) is 10.4 Å². The SMILES string of the molecule is COc1c(Br)n(C(=O)OC(C)(C)C)c2ccc(Cl)cc12. The molecule has 0 aliphatic carbocycles. The van der Waals surface area contributed by atoms with Crippen LogP contribution >= 0.6 is 27.5 Å². The van der Waals surface area contributed by atoms with Gasteiger partial charge in [0.2, 0.25) is 0 Å². The summed E-state index contributed by atoms with van der Waals surface area (Å²) in [6.45, 7) is 5.45. The maximum absolute atomic E-state index is 12.3. The number of rotatable bonds is 1. The van der Waals surface area contributed by atoms with Gasteiger partial charge in [-0.2, -0.15) is 0 Å². The molecule has 20 heavy (non-hydrogen) atoms. The fourth-order valence-corrected chi connectivity index (χ4v) is 2.77. The van der Waals surface area contributed by atoms with Gasteiger partial charge in [-0.15, -0.1) is 0 Å². The van der Waals surface area contributed by atoms with Crippen LogP contribution in [0.1, 0.15) is 20.8 Å². The van der Waals surface area contributed by atoms with Crippen LogP contribution < -0.4 is 4.74 Å². The highest BCUT2D eigenvalue weighted by Crippen LogP contribution is 2.38. The maximum Gasteiger partial charge on any atom is 0.420 e. The lowest BCUT2D eigenvalue weighted by Crippen LogP contribution is -2.27. The number of fused-ring (bicyclic) bond motifs is 1. The first-order valence-electron chi connectivity index (χ1n) is 6.01. The number of hydrogen-bond acceptors (Lipinski definition) is 3. The Kier molecular flexibility index (Phi) is 4.02. The van der Waals surface area contributed by atoms with Gasteiger partial charge in [-0.3, -0.25) is 0 Å². The lowest BCUT2D eigenvalue weighted by Gasteiger charge is -2.20. The summed E-state index contributed by atoms with van der Waals surface area (Å²) in [5.74, 6) is 0.549. The Labute approximate surface area is 130 Å². The largest absolute Gasteiger partial charge is 0.493 e. The van der Waals surface area contributed by atoms with Crippen molar-refractivity contribution in [3.63, 3.8) is 0 Å². The molecule has 0 spiro atoms. The minimum atomic E-state index is -0.577. The van der Waals surface area contributed by atoms with Crippen LogP contribution in [-0.2, 0) is 4.74 Å². The third kappa shape index (κ3) is 2.79. The third-order valence-corrected chi connectivity index (χ3v) is 3.56. The standard InChI is InChI=1S/C14H15BrClNO3/c1-14(2,3)20-13(18)17-10-6-5-8(16)7-9(10)11(19-4)12(17)15/h5-7H,1-4H3. The molecule has 0 bridgehead atoms. The number of carbonyl (C=O) groups excluding carboxylic acids is 1. The van der Waals surface area contributed by atoms with Crippen LogP contribution in [0.15, 0.2) is 22.8 Å². The van der Waals surface area contributed by atoms with E-state index in [9.17, 15) is 4.79 Å². The first kappa shape index (κ1) is 15.2. The van der Waals surface area contributed by atoms with Gasteiger partial charge in [0.05, 0.1) is 12.6 Å². The van der Waals surface area contributed by atoms with Gasteiger partial charge in [0.15, 0.2) is 5.75 Å². The summed E-state index contributed by atoms with van der Waals surface area (Å²) in [7, 11) is 1.54. The van der Waals surface area contributed by atoms with E-state index in [1.165, 1.54) is 4.57 Å². The highest BCUT2D eigenvalue weighted by Gasteiger charge is 2.25. The van der Waals surface area contributed by atoms with E-state index in [1.54, 1.807) is 25.3 Å². The quantitative estimate of drug-likeness (QED) is 0.730. The van der Waals surface area contributed by atoms with Gasteiger partial charge in [-0.05, 0) is 54.9 Å². The number of halogens is 2. The van der Waals surface area contributed by atoms with Gasteiger partial charge in [0.1, 0.15) is 10.2 Å². The summed E-state index contributed by atoms with van der Waals surface area (Å²) >= 11 is 9.38. The molecule has 6 heteroatoms. The molecule has 1 aromatic carbocycles. The summed E-state index contributed by atoms with van der Waals surface area (Å²) in [4.78, 5) is 12.3. The van der Waals surface area contributed by atoms with Crippen molar-refractivity contribution in [3.8, 4) is 5.75 Å². The van der Waals surface area contributed by atoms with Crippen molar-refractivity contribution in [1.29, 1.82) is 0 Å². The van der Waals surface area contributed by atoms with Crippen molar-refractivity contribution in [1.82, 2.24) is 4.57 Å². The molecule has 0 fully saturated rings.